The molecule has 1 aliphatic heterocycles. The molecule has 1 aromatic rings. The van der Waals surface area contributed by atoms with Crippen LogP contribution in [0.15, 0.2) is 36.4 Å². The van der Waals surface area contributed by atoms with E-state index in [1.165, 1.54) is 17.4 Å². The zero-order valence-corrected chi connectivity index (χ0v) is 12.1. The molecule has 22 heavy (non-hydrogen) atoms. The van der Waals surface area contributed by atoms with E-state index in [9.17, 15) is 14.7 Å². The molecule has 4 aliphatic carbocycles. The minimum Gasteiger partial charge on any atom is -0.508 e. The summed E-state index contributed by atoms with van der Waals surface area (Å²) >= 11 is 0. The lowest BCUT2D eigenvalue weighted by Gasteiger charge is -2.22. The Labute approximate surface area is 128 Å². The van der Waals surface area contributed by atoms with Crippen LogP contribution in [0.25, 0.3) is 0 Å². The number of hydrogen-bond donors (Lipinski definition) is 1. The van der Waals surface area contributed by atoms with Crippen molar-refractivity contribution in [2.45, 2.75) is 12.8 Å². The van der Waals surface area contributed by atoms with Gasteiger partial charge in [0.05, 0.1) is 17.5 Å². The Bertz CT molecular complexity index is 725. The molecule has 1 N–H and O–H groups in total. The first-order chi connectivity index (χ1) is 10.6. The number of imide groups is 1. The quantitative estimate of drug-likeness (QED) is 0.639. The molecule has 0 radical (unpaired) electrons. The number of amides is 2. The smallest absolute Gasteiger partial charge is 0.238 e. The van der Waals surface area contributed by atoms with Crippen molar-refractivity contribution in [3.05, 3.63) is 36.4 Å². The first kappa shape index (κ1) is 12.4. The van der Waals surface area contributed by atoms with Crippen LogP contribution in [0.3, 0.4) is 0 Å². The molecule has 4 unspecified atom stereocenters. The molecule has 6 rings (SSSR count). The highest BCUT2D eigenvalue weighted by Gasteiger charge is 2.62. The van der Waals surface area contributed by atoms with E-state index in [2.05, 4.69) is 12.2 Å². The van der Waals surface area contributed by atoms with Crippen LogP contribution in [0.5, 0.6) is 5.75 Å². The van der Waals surface area contributed by atoms with E-state index in [0.717, 1.165) is 6.42 Å². The Morgan fingerprint density at radius 1 is 1.05 bits per heavy atom. The third-order valence-corrected chi connectivity index (χ3v) is 6.02. The molecule has 2 saturated carbocycles. The van der Waals surface area contributed by atoms with Crippen LogP contribution >= 0.6 is 0 Å². The van der Waals surface area contributed by atoms with Gasteiger partial charge in [-0.3, -0.25) is 9.59 Å². The fourth-order valence-electron chi connectivity index (χ4n) is 4.98. The predicted octanol–water partition coefficient (Wildman–Crippen LogP) is 2.34. The maximum atomic E-state index is 13.0. The molecule has 1 saturated heterocycles. The lowest BCUT2D eigenvalue weighted by atomic mass is 9.81. The van der Waals surface area contributed by atoms with E-state index in [1.807, 2.05) is 0 Å². The topological polar surface area (TPSA) is 57.6 Å². The molecule has 1 aromatic carbocycles. The lowest BCUT2D eigenvalue weighted by molar-refractivity contribution is -0.123. The molecule has 1 heterocycles. The number of benzene rings is 1. The zero-order valence-electron chi connectivity index (χ0n) is 12.1. The van der Waals surface area contributed by atoms with Crippen LogP contribution in [0.4, 0.5) is 5.69 Å². The van der Waals surface area contributed by atoms with E-state index in [0.29, 0.717) is 23.4 Å². The largest absolute Gasteiger partial charge is 0.508 e. The maximum absolute atomic E-state index is 13.0. The van der Waals surface area contributed by atoms with Crippen LogP contribution in [-0.2, 0) is 9.59 Å². The summed E-state index contributed by atoms with van der Waals surface area (Å²) in [5, 5.41) is 9.64. The van der Waals surface area contributed by atoms with Gasteiger partial charge in [0, 0.05) is 6.07 Å². The highest BCUT2D eigenvalue weighted by molar-refractivity contribution is 6.22. The molecule has 3 fully saturated rings. The van der Waals surface area contributed by atoms with Crippen LogP contribution in [0.1, 0.15) is 12.8 Å². The van der Waals surface area contributed by atoms with Crippen molar-refractivity contribution in [2.75, 3.05) is 4.90 Å². The average molecular weight is 295 g/mol. The predicted molar refractivity (Wildman–Crippen MR) is 79.9 cm³/mol. The van der Waals surface area contributed by atoms with Crippen LogP contribution < -0.4 is 4.90 Å². The molecular weight excluding hydrogens is 278 g/mol. The SMILES string of the molecule is O=C1C2C[C@H]3C=CC(C2C(=O)N1c1cccc(O)c1)[C@H]1CC13. The second kappa shape index (κ2) is 4.00. The lowest BCUT2D eigenvalue weighted by Crippen LogP contribution is -2.33. The molecule has 0 spiro atoms. The number of nitrogens with zero attached hydrogens (tertiary/aromatic N) is 1. The van der Waals surface area contributed by atoms with Crippen LogP contribution in [0.2, 0.25) is 0 Å². The highest BCUT2D eigenvalue weighted by Crippen LogP contribution is 2.62. The molecule has 5 aliphatic rings. The van der Waals surface area contributed by atoms with Gasteiger partial charge in [0.2, 0.25) is 11.8 Å². The zero-order chi connectivity index (χ0) is 15.0. The molecule has 0 aromatic heterocycles. The minimum atomic E-state index is -0.200. The fraction of sp³-hybridized carbons (Fsp3) is 0.444. The van der Waals surface area contributed by atoms with Crippen molar-refractivity contribution in [1.82, 2.24) is 0 Å². The van der Waals surface area contributed by atoms with Gasteiger partial charge in [-0.25, -0.2) is 4.90 Å². The molecule has 112 valence electrons. The standard InChI is InChI=1S/C18H17NO3/c20-11-3-1-2-10(7-11)19-17(21)15-6-9-4-5-12(14-8-13(9)14)16(15)18(19)22/h1-5,7,9,12-16,20H,6,8H2/t9-,12?,13?,14-,15?,16?/m1/s1. The summed E-state index contributed by atoms with van der Waals surface area (Å²) < 4.78 is 0. The van der Waals surface area contributed by atoms with Crippen molar-refractivity contribution in [3.63, 3.8) is 0 Å². The van der Waals surface area contributed by atoms with Crippen molar-refractivity contribution in [2.24, 2.45) is 35.5 Å². The third-order valence-electron chi connectivity index (χ3n) is 6.02. The first-order valence-corrected chi connectivity index (χ1v) is 8.00. The van der Waals surface area contributed by atoms with Crippen molar-refractivity contribution < 1.29 is 14.7 Å². The Morgan fingerprint density at radius 3 is 2.73 bits per heavy atom. The maximum Gasteiger partial charge on any atom is 0.238 e. The number of phenols is 1. The molecule has 4 nitrogen and oxygen atoms in total. The van der Waals surface area contributed by atoms with Gasteiger partial charge in [-0.05, 0) is 48.6 Å². The average Bonchev–Trinajstić information content (AvgIpc) is 3.27. The number of anilines is 1. The number of carbonyl (C=O) groups is 2. The van der Waals surface area contributed by atoms with Crippen molar-refractivity contribution in [3.8, 4) is 5.75 Å². The van der Waals surface area contributed by atoms with Gasteiger partial charge in [0.25, 0.3) is 0 Å². The van der Waals surface area contributed by atoms with Crippen molar-refractivity contribution in [1.29, 1.82) is 0 Å². The molecule has 4 heteroatoms. The summed E-state index contributed by atoms with van der Waals surface area (Å²) in [7, 11) is 0. The monoisotopic (exact) mass is 295 g/mol. The summed E-state index contributed by atoms with van der Waals surface area (Å²) in [6.07, 6.45) is 6.45. The van der Waals surface area contributed by atoms with Gasteiger partial charge in [0.15, 0.2) is 0 Å². The van der Waals surface area contributed by atoms with E-state index in [-0.39, 0.29) is 35.3 Å². The number of carbonyl (C=O) groups excluding carboxylic acids is 2. The third kappa shape index (κ3) is 1.47. The Morgan fingerprint density at radius 2 is 1.91 bits per heavy atom. The van der Waals surface area contributed by atoms with Crippen LogP contribution in [0, 0.1) is 35.5 Å². The molecule has 2 amide bonds. The summed E-state index contributed by atoms with van der Waals surface area (Å²) in [5.41, 5.74) is 0.496. The number of allylic oxidation sites excluding steroid dienone is 2. The van der Waals surface area contributed by atoms with Gasteiger partial charge in [-0.15, -0.1) is 0 Å². The van der Waals surface area contributed by atoms with Crippen molar-refractivity contribution >= 4 is 17.5 Å². The van der Waals surface area contributed by atoms with Gasteiger partial charge in [-0.1, -0.05) is 18.2 Å². The molecule has 6 atom stereocenters. The fourth-order valence-corrected chi connectivity index (χ4v) is 4.98. The second-order valence-electron chi connectivity index (χ2n) is 7.09. The normalized spacial score (nSPS) is 41.4. The highest BCUT2D eigenvalue weighted by atomic mass is 16.3. The second-order valence-corrected chi connectivity index (χ2v) is 7.09. The van der Waals surface area contributed by atoms with Gasteiger partial charge < -0.3 is 5.11 Å². The van der Waals surface area contributed by atoms with E-state index >= 15 is 0 Å². The Hall–Kier alpha value is -2.10. The number of aromatic hydroxyl groups is 1. The summed E-state index contributed by atoms with van der Waals surface area (Å²) in [4.78, 5) is 27.1. The van der Waals surface area contributed by atoms with Gasteiger partial charge in [-0.2, -0.15) is 0 Å². The number of phenolic OH excluding ortho intramolecular Hbond substituents is 1. The Kier molecular flexibility index (Phi) is 2.26. The van der Waals surface area contributed by atoms with Gasteiger partial charge >= 0.3 is 0 Å². The number of rotatable bonds is 1. The molecule has 2 bridgehead atoms. The molecular formula is C18H17NO3. The number of hydrogen-bond acceptors (Lipinski definition) is 3. The van der Waals surface area contributed by atoms with E-state index < -0.39 is 0 Å². The first-order valence-electron chi connectivity index (χ1n) is 8.00. The van der Waals surface area contributed by atoms with Gasteiger partial charge in [0.1, 0.15) is 5.75 Å². The minimum absolute atomic E-state index is 0.0777. The van der Waals surface area contributed by atoms with E-state index in [4.69, 9.17) is 0 Å². The summed E-state index contributed by atoms with van der Waals surface area (Å²) in [6, 6.07) is 6.43. The Balaban J connectivity index is 1.57. The van der Waals surface area contributed by atoms with E-state index in [1.54, 1.807) is 18.2 Å². The summed E-state index contributed by atoms with van der Waals surface area (Å²) in [5.74, 6) is 1.53. The van der Waals surface area contributed by atoms with Crippen LogP contribution in [-0.4, -0.2) is 16.9 Å². The summed E-state index contributed by atoms with van der Waals surface area (Å²) in [6.45, 7) is 0.